The monoisotopic (exact) mass is 406 g/mol. The number of rotatable bonds is 6. The maximum absolute atomic E-state index is 13.3. The quantitative estimate of drug-likeness (QED) is 0.659. The second-order valence-electron chi connectivity index (χ2n) is 7.26. The van der Waals surface area contributed by atoms with E-state index < -0.39 is 0 Å². The van der Waals surface area contributed by atoms with Crippen molar-refractivity contribution in [1.82, 2.24) is 15.1 Å². The van der Waals surface area contributed by atoms with Gasteiger partial charge in [-0.3, -0.25) is 9.59 Å². The largest absolute Gasteiger partial charge is 0.342 e. The molecule has 2 aromatic carbocycles. The van der Waals surface area contributed by atoms with Crippen LogP contribution in [0, 0.1) is 5.82 Å². The molecular formula is C23H23FN4O2. The van der Waals surface area contributed by atoms with Gasteiger partial charge in [0, 0.05) is 16.9 Å². The zero-order valence-corrected chi connectivity index (χ0v) is 16.7. The molecule has 0 bridgehead atoms. The lowest BCUT2D eigenvalue weighted by Gasteiger charge is -2.10. The van der Waals surface area contributed by atoms with Crippen LogP contribution >= 0.6 is 0 Å². The Hall–Kier alpha value is -3.48. The lowest BCUT2D eigenvalue weighted by atomic mass is 10.1. The second kappa shape index (κ2) is 8.49. The Bertz CT molecular complexity index is 1090. The van der Waals surface area contributed by atoms with Gasteiger partial charge in [0.1, 0.15) is 5.82 Å². The van der Waals surface area contributed by atoms with E-state index in [2.05, 4.69) is 15.7 Å². The van der Waals surface area contributed by atoms with E-state index in [1.54, 1.807) is 16.8 Å². The predicted octanol–water partition coefficient (Wildman–Crippen LogP) is 3.43. The molecule has 2 amide bonds. The van der Waals surface area contributed by atoms with Crippen LogP contribution in [0.1, 0.15) is 40.7 Å². The molecule has 0 radical (unpaired) electrons. The van der Waals surface area contributed by atoms with Gasteiger partial charge in [-0.15, -0.1) is 0 Å². The molecule has 1 aliphatic carbocycles. The van der Waals surface area contributed by atoms with Gasteiger partial charge in [0.25, 0.3) is 5.91 Å². The lowest BCUT2D eigenvalue weighted by Crippen LogP contribution is -2.33. The van der Waals surface area contributed by atoms with E-state index in [4.69, 9.17) is 0 Å². The molecule has 1 aliphatic rings. The van der Waals surface area contributed by atoms with Crippen molar-refractivity contribution in [3.05, 3.63) is 76.9 Å². The van der Waals surface area contributed by atoms with Gasteiger partial charge in [-0.2, -0.15) is 5.10 Å². The van der Waals surface area contributed by atoms with Crippen molar-refractivity contribution in [2.45, 2.75) is 32.6 Å². The first-order valence-corrected chi connectivity index (χ1v) is 10.1. The van der Waals surface area contributed by atoms with Gasteiger partial charge in [-0.25, -0.2) is 9.07 Å². The van der Waals surface area contributed by atoms with E-state index >= 15 is 0 Å². The first-order valence-electron chi connectivity index (χ1n) is 10.1. The summed E-state index contributed by atoms with van der Waals surface area (Å²) >= 11 is 0. The minimum atomic E-state index is -0.382. The molecule has 1 heterocycles. The van der Waals surface area contributed by atoms with E-state index in [1.807, 2.05) is 31.2 Å². The van der Waals surface area contributed by atoms with Crippen molar-refractivity contribution < 1.29 is 14.0 Å². The van der Waals surface area contributed by atoms with Gasteiger partial charge in [0.2, 0.25) is 5.91 Å². The van der Waals surface area contributed by atoms with Crippen LogP contribution in [0.15, 0.2) is 48.5 Å². The number of carbonyl (C=O) groups is 2. The van der Waals surface area contributed by atoms with Crippen molar-refractivity contribution in [1.29, 1.82) is 0 Å². The standard InChI is InChI=1S/C23H23FN4O2/c1-2-15-6-3-4-8-19(15)26-21(29)14-25-23(30)22-18-7-5-9-20(18)28(27-22)17-12-10-16(24)11-13-17/h3-4,6,8,10-13H,2,5,7,9,14H2,1H3,(H,25,30)(H,26,29). The Morgan fingerprint density at radius 1 is 1.10 bits per heavy atom. The molecule has 7 heteroatoms. The van der Waals surface area contributed by atoms with Crippen molar-refractivity contribution in [2.75, 3.05) is 11.9 Å². The minimum absolute atomic E-state index is 0.144. The highest BCUT2D eigenvalue weighted by atomic mass is 19.1. The molecule has 4 rings (SSSR count). The highest BCUT2D eigenvalue weighted by Crippen LogP contribution is 2.28. The number of fused-ring (bicyclic) bond motifs is 1. The van der Waals surface area contributed by atoms with E-state index in [9.17, 15) is 14.0 Å². The summed E-state index contributed by atoms with van der Waals surface area (Å²) in [6.07, 6.45) is 3.30. The average Bonchev–Trinajstić information content (AvgIpc) is 3.36. The zero-order chi connectivity index (χ0) is 21.1. The van der Waals surface area contributed by atoms with Gasteiger partial charge >= 0.3 is 0 Å². The minimum Gasteiger partial charge on any atom is -0.342 e. The van der Waals surface area contributed by atoms with Gasteiger partial charge < -0.3 is 10.6 Å². The first-order chi connectivity index (χ1) is 14.6. The van der Waals surface area contributed by atoms with Gasteiger partial charge in [-0.05, 0) is 61.6 Å². The fraction of sp³-hybridized carbons (Fsp3) is 0.261. The van der Waals surface area contributed by atoms with E-state index in [1.165, 1.54) is 12.1 Å². The van der Waals surface area contributed by atoms with Crippen LogP contribution < -0.4 is 10.6 Å². The third-order valence-corrected chi connectivity index (χ3v) is 5.30. The van der Waals surface area contributed by atoms with Crippen molar-refractivity contribution >= 4 is 17.5 Å². The number of benzene rings is 2. The highest BCUT2D eigenvalue weighted by Gasteiger charge is 2.27. The maximum Gasteiger partial charge on any atom is 0.272 e. The number of nitrogens with one attached hydrogen (secondary N) is 2. The smallest absolute Gasteiger partial charge is 0.272 e. The number of hydrogen-bond acceptors (Lipinski definition) is 3. The van der Waals surface area contributed by atoms with Crippen LogP contribution in [0.5, 0.6) is 0 Å². The van der Waals surface area contributed by atoms with Gasteiger partial charge in [0.05, 0.1) is 12.2 Å². The summed E-state index contributed by atoms with van der Waals surface area (Å²) < 4.78 is 15.0. The third-order valence-electron chi connectivity index (χ3n) is 5.30. The van der Waals surface area contributed by atoms with Crippen LogP contribution in [0.3, 0.4) is 0 Å². The molecule has 0 atom stereocenters. The fourth-order valence-corrected chi connectivity index (χ4v) is 3.80. The molecule has 0 aliphatic heterocycles. The summed E-state index contributed by atoms with van der Waals surface area (Å²) in [5.41, 5.74) is 4.69. The van der Waals surface area contributed by atoms with Gasteiger partial charge in [0.15, 0.2) is 5.69 Å². The van der Waals surface area contributed by atoms with Crippen molar-refractivity contribution in [2.24, 2.45) is 0 Å². The van der Waals surface area contributed by atoms with E-state index in [-0.39, 0.29) is 24.2 Å². The Labute approximate surface area is 174 Å². The molecule has 0 unspecified atom stereocenters. The number of anilines is 1. The number of para-hydroxylation sites is 1. The predicted molar refractivity (Wildman–Crippen MR) is 112 cm³/mol. The van der Waals surface area contributed by atoms with Crippen LogP contribution in [-0.2, 0) is 24.1 Å². The molecule has 0 saturated carbocycles. The van der Waals surface area contributed by atoms with Crippen LogP contribution in [0.25, 0.3) is 5.69 Å². The summed E-state index contributed by atoms with van der Waals surface area (Å²) in [4.78, 5) is 25.1. The number of amides is 2. The number of nitrogens with zero attached hydrogens (tertiary/aromatic N) is 2. The Morgan fingerprint density at radius 2 is 1.87 bits per heavy atom. The third kappa shape index (κ3) is 3.96. The normalized spacial score (nSPS) is 12.5. The fourth-order valence-electron chi connectivity index (χ4n) is 3.80. The van der Waals surface area contributed by atoms with Crippen LogP contribution in [-0.4, -0.2) is 28.1 Å². The molecular weight excluding hydrogens is 383 g/mol. The number of halogens is 1. The molecule has 0 saturated heterocycles. The summed E-state index contributed by atoms with van der Waals surface area (Å²) in [5, 5.41) is 9.99. The second-order valence-corrected chi connectivity index (χ2v) is 7.26. The highest BCUT2D eigenvalue weighted by molar-refractivity contribution is 5.99. The molecule has 30 heavy (non-hydrogen) atoms. The molecule has 0 spiro atoms. The first kappa shape index (κ1) is 19.8. The number of aromatic nitrogens is 2. The molecule has 3 aromatic rings. The Morgan fingerprint density at radius 3 is 2.63 bits per heavy atom. The van der Waals surface area contributed by atoms with Crippen molar-refractivity contribution in [3.8, 4) is 5.69 Å². The molecule has 0 fully saturated rings. The molecule has 6 nitrogen and oxygen atoms in total. The maximum atomic E-state index is 13.3. The van der Waals surface area contributed by atoms with Crippen LogP contribution in [0.2, 0.25) is 0 Å². The number of aryl methyl sites for hydroxylation is 1. The topological polar surface area (TPSA) is 76.0 Å². The van der Waals surface area contributed by atoms with Crippen molar-refractivity contribution in [3.63, 3.8) is 0 Å². The van der Waals surface area contributed by atoms with Crippen LogP contribution in [0.4, 0.5) is 10.1 Å². The Kier molecular flexibility index (Phi) is 5.61. The summed E-state index contributed by atoms with van der Waals surface area (Å²) in [5.74, 6) is -0.997. The number of carbonyl (C=O) groups excluding carboxylic acids is 2. The average molecular weight is 406 g/mol. The summed E-state index contributed by atoms with van der Waals surface area (Å²) in [6.45, 7) is 1.87. The van der Waals surface area contributed by atoms with Gasteiger partial charge in [-0.1, -0.05) is 25.1 Å². The summed E-state index contributed by atoms with van der Waals surface area (Å²) in [7, 11) is 0. The Balaban J connectivity index is 1.47. The SMILES string of the molecule is CCc1ccccc1NC(=O)CNC(=O)c1nn(-c2ccc(F)cc2)c2c1CCC2. The lowest BCUT2D eigenvalue weighted by molar-refractivity contribution is -0.115. The zero-order valence-electron chi connectivity index (χ0n) is 16.7. The number of hydrogen-bond donors (Lipinski definition) is 2. The molecule has 2 N–H and O–H groups in total. The summed E-state index contributed by atoms with van der Waals surface area (Å²) in [6, 6.07) is 13.6. The molecule has 1 aromatic heterocycles. The molecule has 154 valence electrons. The van der Waals surface area contributed by atoms with E-state index in [0.717, 1.165) is 48.2 Å². The van der Waals surface area contributed by atoms with E-state index in [0.29, 0.717) is 11.4 Å².